The molecule has 4 nitrogen and oxygen atoms in total. The maximum absolute atomic E-state index is 4.56. The van der Waals surface area contributed by atoms with Crippen molar-refractivity contribution in [1.82, 2.24) is 9.97 Å². The van der Waals surface area contributed by atoms with E-state index in [1.807, 2.05) is 25.7 Å². The highest BCUT2D eigenvalue weighted by Gasteiger charge is 2.22. The minimum atomic E-state index is 0.545. The Balaban J connectivity index is 2.12. The van der Waals surface area contributed by atoms with Crippen molar-refractivity contribution in [1.29, 1.82) is 0 Å². The van der Waals surface area contributed by atoms with Crippen LogP contribution in [0.4, 0.5) is 11.6 Å². The molecule has 0 aromatic carbocycles. The number of rotatable bonds is 4. The summed E-state index contributed by atoms with van der Waals surface area (Å²) in [5.74, 6) is 2.73. The molecule has 1 saturated carbocycles. The third-order valence-electron chi connectivity index (χ3n) is 3.79. The Morgan fingerprint density at radius 1 is 1.16 bits per heavy atom. The van der Waals surface area contributed by atoms with Gasteiger partial charge in [-0.25, -0.2) is 9.97 Å². The summed E-state index contributed by atoms with van der Waals surface area (Å²) in [6, 6.07) is 0.545. The summed E-state index contributed by atoms with van der Waals surface area (Å²) in [6.07, 6.45) is 7.35. The molecule has 1 aliphatic carbocycles. The van der Waals surface area contributed by atoms with Crippen LogP contribution in [0.25, 0.3) is 0 Å². The van der Waals surface area contributed by atoms with Gasteiger partial charge in [-0.3, -0.25) is 0 Å². The number of hydrogen-bond donors (Lipinski definition) is 2. The summed E-state index contributed by atoms with van der Waals surface area (Å²) >= 11 is 1.99. The summed E-state index contributed by atoms with van der Waals surface area (Å²) in [5, 5.41) is 7.55. The van der Waals surface area contributed by atoms with E-state index in [0.29, 0.717) is 6.04 Å². The molecule has 0 amide bonds. The summed E-state index contributed by atoms with van der Waals surface area (Å²) in [6.45, 7) is 4.01. The molecular formula is C14H24N4S. The molecule has 2 atom stereocenters. The Kier molecular flexibility index (Phi) is 4.91. The number of nitrogens with one attached hydrogen (secondary N) is 2. The van der Waals surface area contributed by atoms with Crippen LogP contribution in [0.5, 0.6) is 0 Å². The largest absolute Gasteiger partial charge is 0.373 e. The van der Waals surface area contributed by atoms with Gasteiger partial charge in [0.1, 0.15) is 17.5 Å². The van der Waals surface area contributed by atoms with Crippen molar-refractivity contribution >= 4 is 23.4 Å². The highest BCUT2D eigenvalue weighted by atomic mass is 32.2. The molecule has 5 heteroatoms. The van der Waals surface area contributed by atoms with Gasteiger partial charge in [-0.15, -0.1) is 0 Å². The summed E-state index contributed by atoms with van der Waals surface area (Å²) < 4.78 is 0. The molecule has 1 aromatic rings. The monoisotopic (exact) mass is 280 g/mol. The van der Waals surface area contributed by atoms with Gasteiger partial charge < -0.3 is 10.6 Å². The van der Waals surface area contributed by atoms with E-state index in [9.17, 15) is 0 Å². The van der Waals surface area contributed by atoms with Gasteiger partial charge in [-0.1, -0.05) is 6.42 Å². The molecule has 0 spiro atoms. The SMILES string of the molecule is CNc1nc(C)nc(NC2CCCC(SC)C2)c1C. The van der Waals surface area contributed by atoms with E-state index in [0.717, 1.165) is 28.3 Å². The van der Waals surface area contributed by atoms with E-state index in [-0.39, 0.29) is 0 Å². The maximum Gasteiger partial charge on any atom is 0.134 e. The molecule has 2 unspecified atom stereocenters. The number of thioether (sulfide) groups is 1. The second kappa shape index (κ2) is 6.46. The molecule has 19 heavy (non-hydrogen) atoms. The lowest BCUT2D eigenvalue weighted by Gasteiger charge is -2.29. The summed E-state index contributed by atoms with van der Waals surface area (Å²) in [4.78, 5) is 8.97. The second-order valence-corrected chi connectivity index (χ2v) is 6.35. The van der Waals surface area contributed by atoms with Gasteiger partial charge in [-0.2, -0.15) is 11.8 Å². The van der Waals surface area contributed by atoms with E-state index >= 15 is 0 Å². The van der Waals surface area contributed by atoms with Crippen LogP contribution < -0.4 is 10.6 Å². The standard InChI is InChI=1S/C14H24N4S/c1-9-13(15-3)16-10(2)17-14(9)18-11-6-5-7-12(8-11)19-4/h11-12H,5-8H2,1-4H3,(H2,15,16,17,18). The quantitative estimate of drug-likeness (QED) is 0.887. The number of hydrogen-bond acceptors (Lipinski definition) is 5. The summed E-state index contributed by atoms with van der Waals surface area (Å²) in [5.41, 5.74) is 1.11. The van der Waals surface area contributed by atoms with Gasteiger partial charge in [0.05, 0.1) is 0 Å². The normalized spacial score (nSPS) is 23.2. The van der Waals surface area contributed by atoms with Crippen LogP contribution >= 0.6 is 11.8 Å². The van der Waals surface area contributed by atoms with Crippen molar-refractivity contribution in [2.45, 2.75) is 50.8 Å². The van der Waals surface area contributed by atoms with Crippen LogP contribution in [-0.4, -0.2) is 34.6 Å². The highest BCUT2D eigenvalue weighted by Crippen LogP contribution is 2.30. The molecular weight excluding hydrogens is 256 g/mol. The number of aryl methyl sites for hydroxylation is 1. The first kappa shape index (κ1) is 14.4. The molecule has 1 aromatic heterocycles. The Hall–Kier alpha value is -0.970. The van der Waals surface area contributed by atoms with Crippen LogP contribution in [0.2, 0.25) is 0 Å². The van der Waals surface area contributed by atoms with Crippen LogP contribution in [-0.2, 0) is 0 Å². The van der Waals surface area contributed by atoms with Gasteiger partial charge in [0.25, 0.3) is 0 Å². The molecule has 2 rings (SSSR count). The molecule has 1 aliphatic rings. The molecule has 0 radical (unpaired) electrons. The number of nitrogens with zero attached hydrogens (tertiary/aromatic N) is 2. The Labute approximate surface area is 120 Å². The van der Waals surface area contributed by atoms with Crippen LogP contribution in [0.3, 0.4) is 0 Å². The number of anilines is 2. The topological polar surface area (TPSA) is 49.8 Å². The van der Waals surface area contributed by atoms with Gasteiger partial charge in [0.15, 0.2) is 0 Å². The maximum atomic E-state index is 4.56. The van der Waals surface area contributed by atoms with E-state index in [4.69, 9.17) is 0 Å². The minimum absolute atomic E-state index is 0.545. The Bertz CT molecular complexity index is 436. The average molecular weight is 280 g/mol. The first-order valence-corrected chi connectivity index (χ1v) is 8.25. The highest BCUT2D eigenvalue weighted by molar-refractivity contribution is 7.99. The van der Waals surface area contributed by atoms with E-state index in [1.54, 1.807) is 0 Å². The van der Waals surface area contributed by atoms with Gasteiger partial charge >= 0.3 is 0 Å². The third-order valence-corrected chi connectivity index (χ3v) is 4.89. The lowest BCUT2D eigenvalue weighted by atomic mass is 9.95. The van der Waals surface area contributed by atoms with Crippen molar-refractivity contribution in [2.24, 2.45) is 0 Å². The minimum Gasteiger partial charge on any atom is -0.373 e. The zero-order valence-electron chi connectivity index (χ0n) is 12.3. The first-order chi connectivity index (χ1) is 9.13. The van der Waals surface area contributed by atoms with Crippen molar-refractivity contribution in [3.63, 3.8) is 0 Å². The Morgan fingerprint density at radius 2 is 1.89 bits per heavy atom. The lowest BCUT2D eigenvalue weighted by molar-refractivity contribution is 0.472. The first-order valence-electron chi connectivity index (χ1n) is 6.96. The third kappa shape index (κ3) is 3.53. The molecule has 1 heterocycles. The lowest BCUT2D eigenvalue weighted by Crippen LogP contribution is -2.29. The van der Waals surface area contributed by atoms with Gasteiger partial charge in [0.2, 0.25) is 0 Å². The van der Waals surface area contributed by atoms with Crippen molar-refractivity contribution in [2.75, 3.05) is 23.9 Å². The van der Waals surface area contributed by atoms with E-state index in [2.05, 4.69) is 33.8 Å². The Morgan fingerprint density at radius 3 is 2.58 bits per heavy atom. The van der Waals surface area contributed by atoms with Crippen molar-refractivity contribution in [3.8, 4) is 0 Å². The molecule has 0 bridgehead atoms. The second-order valence-electron chi connectivity index (χ2n) is 5.21. The molecule has 1 fully saturated rings. The fraction of sp³-hybridized carbons (Fsp3) is 0.714. The molecule has 0 saturated heterocycles. The smallest absolute Gasteiger partial charge is 0.134 e. The average Bonchev–Trinajstić information content (AvgIpc) is 2.42. The van der Waals surface area contributed by atoms with Crippen LogP contribution in [0.1, 0.15) is 37.1 Å². The predicted octanol–water partition coefficient (Wildman–Crippen LogP) is 3.22. The van der Waals surface area contributed by atoms with E-state index in [1.165, 1.54) is 25.7 Å². The van der Waals surface area contributed by atoms with Gasteiger partial charge in [0, 0.05) is 23.9 Å². The van der Waals surface area contributed by atoms with Crippen molar-refractivity contribution < 1.29 is 0 Å². The van der Waals surface area contributed by atoms with Crippen LogP contribution in [0.15, 0.2) is 0 Å². The molecule has 2 N–H and O–H groups in total. The van der Waals surface area contributed by atoms with E-state index < -0.39 is 0 Å². The van der Waals surface area contributed by atoms with Crippen molar-refractivity contribution in [3.05, 3.63) is 11.4 Å². The zero-order valence-corrected chi connectivity index (χ0v) is 13.1. The van der Waals surface area contributed by atoms with Gasteiger partial charge in [-0.05, 0) is 39.4 Å². The fourth-order valence-corrected chi connectivity index (χ4v) is 3.52. The predicted molar refractivity (Wildman–Crippen MR) is 84.2 cm³/mol. The number of aromatic nitrogens is 2. The molecule has 106 valence electrons. The zero-order chi connectivity index (χ0) is 13.8. The molecule has 0 aliphatic heterocycles. The van der Waals surface area contributed by atoms with Crippen LogP contribution in [0, 0.1) is 13.8 Å². The fourth-order valence-electron chi connectivity index (χ4n) is 2.70. The summed E-state index contributed by atoms with van der Waals surface area (Å²) in [7, 11) is 1.91.